The van der Waals surface area contributed by atoms with E-state index in [1.165, 1.54) is 0 Å². The fourth-order valence-corrected chi connectivity index (χ4v) is 1.51. The number of aromatic nitrogens is 1. The van der Waals surface area contributed by atoms with Gasteiger partial charge in [0.2, 0.25) is 0 Å². The number of H-pyrrole nitrogens is 1. The van der Waals surface area contributed by atoms with Crippen molar-refractivity contribution >= 4 is 28.2 Å². The molecule has 0 spiro atoms. The minimum atomic E-state index is 0.492. The van der Waals surface area contributed by atoms with Crippen LogP contribution >= 0.6 is 11.6 Å². The van der Waals surface area contributed by atoms with Crippen molar-refractivity contribution in [2.24, 2.45) is 5.73 Å². The molecule has 3 nitrogen and oxygen atoms in total. The number of fused-ring (bicyclic) bond motifs is 1. The maximum Gasteiger partial charge on any atom is 0.0642 e. The van der Waals surface area contributed by atoms with Crippen LogP contribution in [0.1, 0.15) is 5.69 Å². The summed E-state index contributed by atoms with van der Waals surface area (Å²) in [4.78, 5) is 3.15. The molecule has 0 saturated heterocycles. The van der Waals surface area contributed by atoms with Crippen LogP contribution in [0.15, 0.2) is 18.2 Å². The van der Waals surface area contributed by atoms with Crippen LogP contribution in [0.2, 0.25) is 5.02 Å². The fourth-order valence-electron chi connectivity index (χ4n) is 1.34. The molecule has 68 valence electrons. The molecule has 0 fully saturated rings. The summed E-state index contributed by atoms with van der Waals surface area (Å²) in [5, 5.41) is 1.62. The van der Waals surface area contributed by atoms with Gasteiger partial charge in [0.1, 0.15) is 0 Å². The predicted molar refractivity (Wildman–Crippen MR) is 55.6 cm³/mol. The fraction of sp³-hybridized carbons (Fsp3) is 0.111. The molecule has 0 unspecified atom stereocenters. The summed E-state index contributed by atoms with van der Waals surface area (Å²) < 4.78 is 0. The van der Waals surface area contributed by atoms with Gasteiger partial charge in [-0.1, -0.05) is 11.6 Å². The number of aromatic amines is 1. The maximum atomic E-state index is 5.87. The number of benzene rings is 1. The summed E-state index contributed by atoms with van der Waals surface area (Å²) in [6.45, 7) is 0.492. The van der Waals surface area contributed by atoms with E-state index in [0.717, 1.165) is 16.6 Å². The quantitative estimate of drug-likeness (QED) is 0.608. The smallest absolute Gasteiger partial charge is 0.0642 e. The summed E-state index contributed by atoms with van der Waals surface area (Å²) >= 11 is 5.87. The summed E-state index contributed by atoms with van der Waals surface area (Å²) in [5.41, 5.74) is 13.7. The molecule has 0 bridgehead atoms. The highest BCUT2D eigenvalue weighted by Gasteiger charge is 2.02. The van der Waals surface area contributed by atoms with Crippen molar-refractivity contribution in [3.63, 3.8) is 0 Å². The third-order valence-corrected chi connectivity index (χ3v) is 2.34. The van der Waals surface area contributed by atoms with Crippen LogP contribution in [-0.4, -0.2) is 4.98 Å². The Hall–Kier alpha value is -1.19. The first-order valence-corrected chi connectivity index (χ1v) is 4.35. The van der Waals surface area contributed by atoms with E-state index in [2.05, 4.69) is 4.98 Å². The zero-order valence-corrected chi connectivity index (χ0v) is 7.73. The molecular formula is C9H10ClN3. The second-order valence-electron chi connectivity index (χ2n) is 2.96. The molecule has 2 rings (SSSR count). The molecule has 0 radical (unpaired) electrons. The van der Waals surface area contributed by atoms with E-state index in [-0.39, 0.29) is 0 Å². The van der Waals surface area contributed by atoms with Gasteiger partial charge in [0.05, 0.1) is 10.7 Å². The van der Waals surface area contributed by atoms with Gasteiger partial charge in [0, 0.05) is 23.1 Å². The van der Waals surface area contributed by atoms with Crippen molar-refractivity contribution in [2.45, 2.75) is 6.54 Å². The van der Waals surface area contributed by atoms with Crippen LogP contribution in [0.5, 0.6) is 0 Å². The van der Waals surface area contributed by atoms with E-state index in [9.17, 15) is 0 Å². The molecule has 4 heteroatoms. The van der Waals surface area contributed by atoms with Crippen molar-refractivity contribution in [1.29, 1.82) is 0 Å². The molecular weight excluding hydrogens is 186 g/mol. The number of nitrogen functional groups attached to an aromatic ring is 1. The standard InChI is InChI=1S/C9H10ClN3/c10-7-2-5-1-6(4-11)13-9(5)3-8(7)12/h1-3,13H,4,11-12H2. The normalized spacial score (nSPS) is 10.9. The lowest BCUT2D eigenvalue weighted by atomic mass is 10.2. The number of hydrogen-bond donors (Lipinski definition) is 3. The van der Waals surface area contributed by atoms with Gasteiger partial charge in [-0.2, -0.15) is 0 Å². The Kier molecular flexibility index (Phi) is 1.90. The summed E-state index contributed by atoms with van der Waals surface area (Å²) in [5.74, 6) is 0. The Balaban J connectivity index is 2.70. The van der Waals surface area contributed by atoms with E-state index in [1.807, 2.05) is 18.2 Å². The molecule has 1 heterocycles. The topological polar surface area (TPSA) is 67.8 Å². The predicted octanol–water partition coefficient (Wildman–Crippen LogP) is 1.86. The van der Waals surface area contributed by atoms with Crippen LogP contribution in [0.4, 0.5) is 5.69 Å². The molecule has 0 atom stereocenters. The lowest BCUT2D eigenvalue weighted by Gasteiger charge is -1.96. The highest BCUT2D eigenvalue weighted by molar-refractivity contribution is 6.33. The van der Waals surface area contributed by atoms with Gasteiger partial charge in [-0.15, -0.1) is 0 Å². The largest absolute Gasteiger partial charge is 0.397 e. The molecule has 5 N–H and O–H groups in total. The average Bonchev–Trinajstić information content (AvgIpc) is 2.48. The molecule has 0 amide bonds. The highest BCUT2D eigenvalue weighted by Crippen LogP contribution is 2.25. The van der Waals surface area contributed by atoms with Gasteiger partial charge < -0.3 is 16.5 Å². The van der Waals surface area contributed by atoms with Crippen LogP contribution in [0.3, 0.4) is 0 Å². The van der Waals surface area contributed by atoms with E-state index < -0.39 is 0 Å². The van der Waals surface area contributed by atoms with E-state index in [1.54, 1.807) is 0 Å². The number of rotatable bonds is 1. The number of anilines is 1. The van der Waals surface area contributed by atoms with Gasteiger partial charge in [0.15, 0.2) is 0 Å². The molecule has 0 aliphatic carbocycles. The van der Waals surface area contributed by atoms with E-state index >= 15 is 0 Å². The number of halogens is 1. The molecule has 1 aromatic carbocycles. The molecule has 2 aromatic rings. The Morgan fingerprint density at radius 1 is 1.31 bits per heavy atom. The van der Waals surface area contributed by atoms with Crippen molar-refractivity contribution in [3.05, 3.63) is 28.9 Å². The maximum absolute atomic E-state index is 5.87. The Labute approximate surface area is 80.7 Å². The molecule has 0 aliphatic rings. The van der Waals surface area contributed by atoms with Crippen molar-refractivity contribution in [3.8, 4) is 0 Å². The molecule has 0 aliphatic heterocycles. The van der Waals surface area contributed by atoms with Crippen LogP contribution in [-0.2, 0) is 6.54 Å². The number of hydrogen-bond acceptors (Lipinski definition) is 2. The van der Waals surface area contributed by atoms with Gasteiger partial charge in [-0.25, -0.2) is 0 Å². The first-order chi connectivity index (χ1) is 6.20. The summed E-state index contributed by atoms with van der Waals surface area (Å²) in [6.07, 6.45) is 0. The molecule has 13 heavy (non-hydrogen) atoms. The number of nitrogens with two attached hydrogens (primary N) is 2. The lowest BCUT2D eigenvalue weighted by Crippen LogP contribution is -1.95. The minimum Gasteiger partial charge on any atom is -0.397 e. The zero-order chi connectivity index (χ0) is 9.42. The average molecular weight is 196 g/mol. The Bertz CT molecular complexity index is 408. The third kappa shape index (κ3) is 1.36. The summed E-state index contributed by atoms with van der Waals surface area (Å²) in [6, 6.07) is 5.62. The second kappa shape index (κ2) is 2.94. The van der Waals surface area contributed by atoms with Gasteiger partial charge in [-0.05, 0) is 18.2 Å². The summed E-state index contributed by atoms with van der Waals surface area (Å²) in [7, 11) is 0. The highest BCUT2D eigenvalue weighted by atomic mass is 35.5. The van der Waals surface area contributed by atoms with Crippen molar-refractivity contribution < 1.29 is 0 Å². The first-order valence-electron chi connectivity index (χ1n) is 3.97. The van der Waals surface area contributed by atoms with Crippen LogP contribution in [0, 0.1) is 0 Å². The third-order valence-electron chi connectivity index (χ3n) is 2.01. The lowest BCUT2D eigenvalue weighted by molar-refractivity contribution is 1.02. The first kappa shape index (κ1) is 8.41. The van der Waals surface area contributed by atoms with E-state index in [0.29, 0.717) is 17.3 Å². The Morgan fingerprint density at radius 2 is 2.08 bits per heavy atom. The van der Waals surface area contributed by atoms with Crippen LogP contribution in [0.25, 0.3) is 10.9 Å². The van der Waals surface area contributed by atoms with Gasteiger partial charge in [0.25, 0.3) is 0 Å². The van der Waals surface area contributed by atoms with E-state index in [4.69, 9.17) is 23.1 Å². The zero-order valence-electron chi connectivity index (χ0n) is 6.97. The molecule has 1 aromatic heterocycles. The monoisotopic (exact) mass is 195 g/mol. The van der Waals surface area contributed by atoms with Gasteiger partial charge in [-0.3, -0.25) is 0 Å². The van der Waals surface area contributed by atoms with Crippen molar-refractivity contribution in [2.75, 3.05) is 5.73 Å². The minimum absolute atomic E-state index is 0.492. The van der Waals surface area contributed by atoms with Crippen LogP contribution < -0.4 is 11.5 Å². The SMILES string of the molecule is NCc1cc2cc(Cl)c(N)cc2[nH]1. The number of nitrogens with one attached hydrogen (secondary N) is 1. The Morgan fingerprint density at radius 3 is 2.77 bits per heavy atom. The van der Waals surface area contributed by atoms with Crippen molar-refractivity contribution in [1.82, 2.24) is 4.98 Å². The van der Waals surface area contributed by atoms with Gasteiger partial charge >= 0.3 is 0 Å². The molecule has 0 saturated carbocycles. The second-order valence-corrected chi connectivity index (χ2v) is 3.37.